The van der Waals surface area contributed by atoms with Crippen LogP contribution >= 0.6 is 6.72 Å². The van der Waals surface area contributed by atoms with Gasteiger partial charge in [0, 0.05) is 5.41 Å². The van der Waals surface area contributed by atoms with Crippen LogP contribution in [0.1, 0.15) is 46.5 Å². The van der Waals surface area contributed by atoms with Crippen molar-refractivity contribution in [3.8, 4) is 0 Å². The van der Waals surface area contributed by atoms with Gasteiger partial charge in [0.15, 0.2) is 0 Å². The molecule has 1 saturated heterocycles. The molecule has 0 radical (unpaired) electrons. The summed E-state index contributed by atoms with van der Waals surface area (Å²) in [5.41, 5.74) is 0.754. The molecule has 3 nitrogen and oxygen atoms in total. The minimum atomic E-state index is -2.40. The minimum Gasteiger partial charge on any atom is -0.309 e. The normalized spacial score (nSPS) is 28.9. The van der Waals surface area contributed by atoms with Crippen molar-refractivity contribution >= 4 is 18.5 Å². The van der Waals surface area contributed by atoms with Crippen molar-refractivity contribution in [1.29, 1.82) is 0 Å². The van der Waals surface area contributed by atoms with Gasteiger partial charge in [-0.25, -0.2) is 0 Å². The van der Waals surface area contributed by atoms with Gasteiger partial charge < -0.3 is 13.6 Å². The molecular weight excluding hydrogens is 255 g/mol. The van der Waals surface area contributed by atoms with E-state index in [0.717, 1.165) is 13.2 Å². The van der Waals surface area contributed by atoms with E-state index in [9.17, 15) is 0 Å². The standard InChI is InChI=1S/C12H23O3PS/c1-4-11(5-2)7-12(8-11)9-14-16(17,13-6-3)15-10-12/h4-10H2,1-3H3. The van der Waals surface area contributed by atoms with Crippen molar-refractivity contribution in [1.82, 2.24) is 0 Å². The Morgan fingerprint density at radius 2 is 1.65 bits per heavy atom. The third-order valence-corrected chi connectivity index (χ3v) is 6.76. The summed E-state index contributed by atoms with van der Waals surface area (Å²) < 4.78 is 16.9. The SMILES string of the molecule is CCOP1(=S)OCC2(CO1)CC(CC)(CC)C2. The molecule has 2 aliphatic rings. The van der Waals surface area contributed by atoms with Crippen molar-refractivity contribution in [3.63, 3.8) is 0 Å². The Kier molecular flexibility index (Phi) is 4.02. The van der Waals surface area contributed by atoms with E-state index in [2.05, 4.69) is 13.8 Å². The molecule has 100 valence electrons. The Hall–Kier alpha value is 0.530. The number of hydrogen-bond donors (Lipinski definition) is 0. The Balaban J connectivity index is 1.91. The molecule has 1 aliphatic carbocycles. The number of hydrogen-bond acceptors (Lipinski definition) is 4. The van der Waals surface area contributed by atoms with Crippen molar-refractivity contribution < 1.29 is 13.6 Å². The van der Waals surface area contributed by atoms with Gasteiger partial charge in [-0.1, -0.05) is 26.7 Å². The van der Waals surface area contributed by atoms with Crippen molar-refractivity contribution in [2.45, 2.75) is 46.5 Å². The first kappa shape index (κ1) is 14.0. The molecule has 0 bridgehead atoms. The summed E-state index contributed by atoms with van der Waals surface area (Å²) in [5.74, 6) is 0. The van der Waals surface area contributed by atoms with Crippen LogP contribution in [0, 0.1) is 10.8 Å². The van der Waals surface area contributed by atoms with Crippen LogP contribution in [0.25, 0.3) is 0 Å². The Morgan fingerprint density at radius 1 is 1.12 bits per heavy atom. The third-order valence-electron chi connectivity index (χ3n) is 4.34. The lowest BCUT2D eigenvalue weighted by molar-refractivity contribution is -0.125. The van der Waals surface area contributed by atoms with Gasteiger partial charge in [0.05, 0.1) is 19.8 Å². The molecule has 2 rings (SSSR count). The molecule has 0 atom stereocenters. The topological polar surface area (TPSA) is 27.7 Å². The van der Waals surface area contributed by atoms with Gasteiger partial charge in [0.1, 0.15) is 0 Å². The molecule has 5 heteroatoms. The van der Waals surface area contributed by atoms with Crippen LogP contribution < -0.4 is 0 Å². The molecule has 1 heterocycles. The molecule has 1 aliphatic heterocycles. The lowest BCUT2D eigenvalue weighted by Gasteiger charge is -2.58. The zero-order valence-electron chi connectivity index (χ0n) is 11.0. The van der Waals surface area contributed by atoms with Crippen LogP contribution in [-0.2, 0) is 25.4 Å². The van der Waals surface area contributed by atoms with E-state index in [-0.39, 0.29) is 5.41 Å². The maximum atomic E-state index is 5.73. The lowest BCUT2D eigenvalue weighted by atomic mass is 9.51. The summed E-state index contributed by atoms with van der Waals surface area (Å²) in [7, 11) is 0. The third kappa shape index (κ3) is 2.62. The van der Waals surface area contributed by atoms with E-state index in [1.807, 2.05) is 6.92 Å². The van der Waals surface area contributed by atoms with Crippen LogP contribution in [-0.4, -0.2) is 19.8 Å². The zero-order chi connectivity index (χ0) is 12.6. The van der Waals surface area contributed by atoms with E-state index < -0.39 is 6.72 Å². The monoisotopic (exact) mass is 278 g/mol. The van der Waals surface area contributed by atoms with Crippen LogP contribution in [0.15, 0.2) is 0 Å². The van der Waals surface area contributed by atoms with Crippen LogP contribution in [0.3, 0.4) is 0 Å². The molecule has 2 fully saturated rings. The van der Waals surface area contributed by atoms with Crippen molar-refractivity contribution in [2.75, 3.05) is 19.8 Å². The molecule has 0 aromatic heterocycles. The Morgan fingerprint density at radius 3 is 2.06 bits per heavy atom. The second-order valence-corrected chi connectivity index (χ2v) is 8.48. The van der Waals surface area contributed by atoms with E-state index in [1.54, 1.807) is 0 Å². The molecule has 0 unspecified atom stereocenters. The highest BCUT2D eigenvalue weighted by molar-refractivity contribution is 8.07. The van der Waals surface area contributed by atoms with Gasteiger partial charge in [-0.15, -0.1) is 0 Å². The predicted molar refractivity (Wildman–Crippen MR) is 72.5 cm³/mol. The first-order chi connectivity index (χ1) is 8.01. The second-order valence-electron chi connectivity index (χ2n) is 5.47. The maximum Gasteiger partial charge on any atom is 0.327 e. The summed E-state index contributed by atoms with van der Waals surface area (Å²) in [4.78, 5) is 0. The first-order valence-electron chi connectivity index (χ1n) is 6.55. The fourth-order valence-electron chi connectivity index (χ4n) is 3.24. The summed E-state index contributed by atoms with van der Waals surface area (Å²) in [6.07, 6.45) is 4.94. The minimum absolute atomic E-state index is 0.228. The smallest absolute Gasteiger partial charge is 0.309 e. The van der Waals surface area contributed by atoms with E-state index in [1.165, 1.54) is 25.7 Å². The molecule has 0 amide bonds. The fraction of sp³-hybridized carbons (Fsp3) is 1.00. The quantitative estimate of drug-likeness (QED) is 0.729. The largest absolute Gasteiger partial charge is 0.327 e. The lowest BCUT2D eigenvalue weighted by Crippen LogP contribution is -2.52. The van der Waals surface area contributed by atoms with E-state index in [0.29, 0.717) is 12.0 Å². The summed E-state index contributed by atoms with van der Waals surface area (Å²) in [6.45, 7) is 6.12. The maximum absolute atomic E-state index is 5.73. The summed E-state index contributed by atoms with van der Waals surface area (Å²) in [5, 5.41) is 0. The summed E-state index contributed by atoms with van der Waals surface area (Å²) >= 11 is 5.29. The zero-order valence-corrected chi connectivity index (χ0v) is 12.7. The fourth-order valence-corrected chi connectivity index (χ4v) is 5.27. The van der Waals surface area contributed by atoms with Crippen LogP contribution in [0.2, 0.25) is 0 Å². The Bertz CT molecular complexity index is 306. The Labute approximate surface area is 109 Å². The molecule has 0 aromatic carbocycles. The summed E-state index contributed by atoms with van der Waals surface area (Å²) in [6, 6.07) is 0. The average Bonchev–Trinajstić information content (AvgIpc) is 2.28. The second kappa shape index (κ2) is 4.90. The van der Waals surface area contributed by atoms with Crippen molar-refractivity contribution in [2.24, 2.45) is 10.8 Å². The first-order valence-corrected chi connectivity index (χ1v) is 9.10. The van der Waals surface area contributed by atoms with Gasteiger partial charge in [0.25, 0.3) is 0 Å². The van der Waals surface area contributed by atoms with Crippen LogP contribution in [0.4, 0.5) is 0 Å². The average molecular weight is 278 g/mol. The van der Waals surface area contributed by atoms with Gasteiger partial charge >= 0.3 is 6.72 Å². The highest BCUT2D eigenvalue weighted by Crippen LogP contribution is 2.65. The van der Waals surface area contributed by atoms with E-state index in [4.69, 9.17) is 25.4 Å². The number of rotatable bonds is 4. The van der Waals surface area contributed by atoms with E-state index >= 15 is 0 Å². The van der Waals surface area contributed by atoms with Gasteiger partial charge in [-0.3, -0.25) is 0 Å². The van der Waals surface area contributed by atoms with Crippen LogP contribution in [0.5, 0.6) is 0 Å². The van der Waals surface area contributed by atoms with Crippen molar-refractivity contribution in [3.05, 3.63) is 0 Å². The van der Waals surface area contributed by atoms with Gasteiger partial charge in [0.2, 0.25) is 0 Å². The van der Waals surface area contributed by atoms with Gasteiger partial charge in [-0.05, 0) is 37.0 Å². The molecule has 0 aromatic rings. The molecule has 0 N–H and O–H groups in total. The van der Waals surface area contributed by atoms with Gasteiger partial charge in [-0.2, -0.15) is 0 Å². The highest BCUT2D eigenvalue weighted by atomic mass is 32.5. The molecule has 17 heavy (non-hydrogen) atoms. The predicted octanol–water partition coefficient (Wildman–Crippen LogP) is 3.88. The molecular formula is C12H23O3PS. The molecule has 1 saturated carbocycles. The highest BCUT2D eigenvalue weighted by Gasteiger charge is 2.55. The molecule has 1 spiro atoms.